The molecule has 0 atom stereocenters. The van der Waals surface area contributed by atoms with Crippen LogP contribution in [0, 0.1) is 11.3 Å². The highest BCUT2D eigenvalue weighted by molar-refractivity contribution is 7.15. The number of hydrogen-bond donors (Lipinski definition) is 1. The Morgan fingerprint density at radius 2 is 1.97 bits per heavy atom. The van der Waals surface area contributed by atoms with Crippen molar-refractivity contribution in [1.29, 1.82) is 5.26 Å². The Morgan fingerprint density at radius 1 is 1.18 bits per heavy atom. The van der Waals surface area contributed by atoms with E-state index in [9.17, 15) is 10.1 Å². The summed E-state index contributed by atoms with van der Waals surface area (Å²) < 4.78 is 5.74. The minimum Gasteiger partial charge on any atom is -0.494 e. The maximum Gasteiger partial charge on any atom is 0.268 e. The van der Waals surface area contributed by atoms with E-state index < -0.39 is 5.91 Å². The monoisotopic (exact) mass is 513 g/mol. The highest BCUT2D eigenvalue weighted by atomic mass is 35.5. The Kier molecular flexibility index (Phi) is 9.96. The first-order valence-corrected chi connectivity index (χ1v) is 12.6. The molecule has 0 unspecified atom stereocenters. The van der Waals surface area contributed by atoms with Crippen LogP contribution in [0.1, 0.15) is 48.6 Å². The zero-order valence-corrected chi connectivity index (χ0v) is 21.1. The molecule has 1 heterocycles. The van der Waals surface area contributed by atoms with Gasteiger partial charge >= 0.3 is 0 Å². The van der Waals surface area contributed by atoms with Gasteiger partial charge in [-0.3, -0.25) is 10.1 Å². The van der Waals surface area contributed by atoms with Crippen LogP contribution in [0.15, 0.2) is 54.2 Å². The van der Waals surface area contributed by atoms with Crippen molar-refractivity contribution in [3.63, 3.8) is 0 Å². The van der Waals surface area contributed by atoms with Gasteiger partial charge in [0.2, 0.25) is 0 Å². The molecule has 0 radical (unpaired) electrons. The van der Waals surface area contributed by atoms with Crippen LogP contribution in [-0.4, -0.2) is 17.5 Å². The number of carbonyl (C=O) groups is 1. The Balaban J connectivity index is 1.57. The number of thiazole rings is 1. The topological polar surface area (TPSA) is 75.0 Å². The van der Waals surface area contributed by atoms with Gasteiger partial charge in [0, 0.05) is 27.5 Å². The van der Waals surface area contributed by atoms with Gasteiger partial charge in [0.15, 0.2) is 5.13 Å². The third-order valence-electron chi connectivity index (χ3n) is 4.98. The summed E-state index contributed by atoms with van der Waals surface area (Å²) in [7, 11) is 0. The van der Waals surface area contributed by atoms with Gasteiger partial charge in [0.1, 0.15) is 17.4 Å². The van der Waals surface area contributed by atoms with Crippen LogP contribution >= 0.6 is 34.5 Å². The highest BCUT2D eigenvalue weighted by Crippen LogP contribution is 2.27. The van der Waals surface area contributed by atoms with E-state index in [1.807, 2.05) is 36.4 Å². The molecule has 176 valence electrons. The SMILES string of the molecule is CCCCCCOc1ccc(/C=C(\C#N)C(=O)Nc2ncc(Cc3ccc(Cl)cc3Cl)s2)cc1. The lowest BCUT2D eigenvalue weighted by molar-refractivity contribution is -0.112. The lowest BCUT2D eigenvalue weighted by atomic mass is 10.1. The number of nitriles is 1. The summed E-state index contributed by atoms with van der Waals surface area (Å²) in [5.41, 5.74) is 1.64. The van der Waals surface area contributed by atoms with Gasteiger partial charge in [-0.15, -0.1) is 11.3 Å². The fraction of sp³-hybridized carbons (Fsp3) is 0.269. The maximum absolute atomic E-state index is 12.6. The Morgan fingerprint density at radius 3 is 2.68 bits per heavy atom. The standard InChI is InChI=1S/C26H25Cl2N3O2S/c1-2-3-4-5-12-33-22-10-6-18(7-11-22)13-20(16-29)25(32)31-26-30-17-23(34-26)14-19-8-9-21(27)15-24(19)28/h6-11,13,15,17H,2-5,12,14H2,1H3,(H,30,31,32)/b20-13+. The third kappa shape index (κ3) is 7.88. The van der Waals surface area contributed by atoms with E-state index in [2.05, 4.69) is 17.2 Å². The number of aromatic nitrogens is 1. The summed E-state index contributed by atoms with van der Waals surface area (Å²) in [6.45, 7) is 2.86. The fourth-order valence-corrected chi connectivity index (χ4v) is 4.46. The number of unbranched alkanes of at least 4 members (excludes halogenated alkanes) is 3. The molecule has 3 rings (SSSR count). The molecule has 0 aliphatic rings. The number of ether oxygens (including phenoxy) is 1. The van der Waals surface area contributed by atoms with Crippen molar-refractivity contribution in [2.45, 2.75) is 39.0 Å². The molecule has 0 saturated heterocycles. The number of benzene rings is 2. The smallest absolute Gasteiger partial charge is 0.268 e. The first-order valence-electron chi connectivity index (χ1n) is 11.0. The van der Waals surface area contributed by atoms with Crippen LogP contribution in [0.5, 0.6) is 5.75 Å². The number of carbonyl (C=O) groups excluding carboxylic acids is 1. The van der Waals surface area contributed by atoms with Gasteiger partial charge in [-0.25, -0.2) is 4.98 Å². The number of nitrogens with zero attached hydrogens (tertiary/aromatic N) is 2. The number of amides is 1. The van der Waals surface area contributed by atoms with Crippen molar-refractivity contribution in [2.75, 3.05) is 11.9 Å². The lowest BCUT2D eigenvalue weighted by Gasteiger charge is -2.06. The van der Waals surface area contributed by atoms with E-state index in [0.717, 1.165) is 34.6 Å². The largest absolute Gasteiger partial charge is 0.494 e. The van der Waals surface area contributed by atoms with Crippen molar-refractivity contribution in [1.82, 2.24) is 4.98 Å². The van der Waals surface area contributed by atoms with Gasteiger partial charge in [0.25, 0.3) is 5.91 Å². The van der Waals surface area contributed by atoms with E-state index in [4.69, 9.17) is 27.9 Å². The Labute approximate surface area is 214 Å². The molecular formula is C26H25Cl2N3O2S. The quantitative estimate of drug-likeness (QED) is 0.163. The molecular weight excluding hydrogens is 489 g/mol. The maximum atomic E-state index is 12.6. The molecule has 34 heavy (non-hydrogen) atoms. The molecule has 1 N–H and O–H groups in total. The summed E-state index contributed by atoms with van der Waals surface area (Å²) in [6.07, 6.45) is 8.39. The molecule has 0 fully saturated rings. The van der Waals surface area contributed by atoms with E-state index in [1.165, 1.54) is 24.2 Å². The second-order valence-electron chi connectivity index (χ2n) is 7.65. The predicted octanol–water partition coefficient (Wildman–Crippen LogP) is 7.55. The highest BCUT2D eigenvalue weighted by Gasteiger charge is 2.13. The van der Waals surface area contributed by atoms with Gasteiger partial charge < -0.3 is 4.74 Å². The number of nitrogens with one attached hydrogen (secondary N) is 1. The van der Waals surface area contributed by atoms with Crippen molar-refractivity contribution in [3.05, 3.63) is 80.3 Å². The summed E-state index contributed by atoms with van der Waals surface area (Å²) in [6, 6.07) is 14.6. The molecule has 2 aromatic carbocycles. The fourth-order valence-electron chi connectivity index (χ4n) is 3.16. The second-order valence-corrected chi connectivity index (χ2v) is 9.61. The molecule has 1 aromatic heterocycles. The minimum atomic E-state index is -0.510. The molecule has 5 nitrogen and oxygen atoms in total. The lowest BCUT2D eigenvalue weighted by Crippen LogP contribution is -2.13. The zero-order chi connectivity index (χ0) is 24.3. The molecule has 8 heteroatoms. The number of halogens is 2. The van der Waals surface area contributed by atoms with Crippen LogP contribution in [0.2, 0.25) is 10.0 Å². The third-order valence-corrected chi connectivity index (χ3v) is 6.48. The average molecular weight is 514 g/mol. The molecule has 0 saturated carbocycles. The Bertz CT molecular complexity index is 1180. The van der Waals surface area contributed by atoms with Crippen molar-refractivity contribution in [2.24, 2.45) is 0 Å². The summed E-state index contributed by atoms with van der Waals surface area (Å²) >= 11 is 13.5. The summed E-state index contributed by atoms with van der Waals surface area (Å²) in [5.74, 6) is 0.261. The minimum absolute atomic E-state index is 0.00858. The van der Waals surface area contributed by atoms with Crippen LogP contribution in [0.25, 0.3) is 6.08 Å². The molecule has 0 spiro atoms. The zero-order valence-electron chi connectivity index (χ0n) is 18.8. The summed E-state index contributed by atoms with van der Waals surface area (Å²) in [5, 5.41) is 13.8. The Hall–Kier alpha value is -2.85. The van der Waals surface area contributed by atoms with Crippen LogP contribution < -0.4 is 10.1 Å². The molecule has 0 aliphatic heterocycles. The first-order chi connectivity index (χ1) is 16.5. The van der Waals surface area contributed by atoms with Crippen LogP contribution in [0.4, 0.5) is 5.13 Å². The molecule has 3 aromatic rings. The van der Waals surface area contributed by atoms with Crippen molar-refractivity contribution < 1.29 is 9.53 Å². The van der Waals surface area contributed by atoms with Crippen molar-refractivity contribution in [3.8, 4) is 11.8 Å². The van der Waals surface area contributed by atoms with E-state index in [-0.39, 0.29) is 5.57 Å². The predicted molar refractivity (Wildman–Crippen MR) is 140 cm³/mol. The number of anilines is 1. The van der Waals surface area contributed by atoms with E-state index in [0.29, 0.717) is 28.2 Å². The number of hydrogen-bond acceptors (Lipinski definition) is 5. The number of rotatable bonds is 11. The van der Waals surface area contributed by atoms with E-state index >= 15 is 0 Å². The van der Waals surface area contributed by atoms with Crippen LogP contribution in [0.3, 0.4) is 0 Å². The van der Waals surface area contributed by atoms with Crippen LogP contribution in [-0.2, 0) is 11.2 Å². The first kappa shape index (κ1) is 25.8. The summed E-state index contributed by atoms with van der Waals surface area (Å²) in [4.78, 5) is 17.8. The van der Waals surface area contributed by atoms with Gasteiger partial charge in [-0.1, -0.05) is 67.6 Å². The average Bonchev–Trinajstić information content (AvgIpc) is 3.26. The molecule has 0 aliphatic carbocycles. The van der Waals surface area contributed by atoms with Gasteiger partial charge in [-0.2, -0.15) is 5.26 Å². The van der Waals surface area contributed by atoms with Crippen molar-refractivity contribution >= 4 is 51.7 Å². The van der Waals surface area contributed by atoms with Gasteiger partial charge in [0.05, 0.1) is 6.61 Å². The normalized spacial score (nSPS) is 11.2. The van der Waals surface area contributed by atoms with Gasteiger partial charge in [-0.05, 0) is 47.9 Å². The van der Waals surface area contributed by atoms with E-state index in [1.54, 1.807) is 24.4 Å². The molecule has 0 bridgehead atoms. The second kappa shape index (κ2) is 13.1. The molecule has 1 amide bonds.